The summed E-state index contributed by atoms with van der Waals surface area (Å²) in [6, 6.07) is 19.5. The van der Waals surface area contributed by atoms with Crippen LogP contribution in [-0.2, 0) is 11.3 Å². The van der Waals surface area contributed by atoms with E-state index < -0.39 is 0 Å². The number of hydrogen-bond donors (Lipinski definition) is 3. The molecule has 4 amide bonds. The van der Waals surface area contributed by atoms with Gasteiger partial charge in [-0.2, -0.15) is 0 Å². The van der Waals surface area contributed by atoms with Crippen molar-refractivity contribution >= 4 is 29.2 Å². The first-order chi connectivity index (χ1) is 15.5. The van der Waals surface area contributed by atoms with Crippen LogP contribution in [-0.4, -0.2) is 41.3 Å². The molecule has 0 aliphatic carbocycles. The van der Waals surface area contributed by atoms with Gasteiger partial charge in [-0.1, -0.05) is 36.4 Å². The van der Waals surface area contributed by atoms with Crippen LogP contribution in [0.4, 0.5) is 16.2 Å². The molecule has 0 spiro atoms. The number of nitrogens with zero attached hydrogens (tertiary/aromatic N) is 2. The lowest BCUT2D eigenvalue weighted by molar-refractivity contribution is -0.116. The van der Waals surface area contributed by atoms with Gasteiger partial charge in [-0.3, -0.25) is 14.6 Å². The number of pyridine rings is 1. The van der Waals surface area contributed by atoms with Gasteiger partial charge in [0.05, 0.1) is 0 Å². The van der Waals surface area contributed by atoms with Gasteiger partial charge in [-0.25, -0.2) is 4.79 Å². The summed E-state index contributed by atoms with van der Waals surface area (Å²) in [5, 5.41) is 8.29. The molecule has 1 heterocycles. The first-order valence-electron chi connectivity index (χ1n) is 10.2. The van der Waals surface area contributed by atoms with Crippen molar-refractivity contribution in [3.63, 3.8) is 0 Å². The molecular formula is C24H25N5O3. The van der Waals surface area contributed by atoms with Gasteiger partial charge in [0.15, 0.2) is 0 Å². The van der Waals surface area contributed by atoms with Crippen LogP contribution in [0.3, 0.4) is 0 Å². The molecule has 3 N–H and O–H groups in total. The van der Waals surface area contributed by atoms with Crippen LogP contribution in [0.25, 0.3) is 0 Å². The lowest BCUT2D eigenvalue weighted by Crippen LogP contribution is -2.38. The quantitative estimate of drug-likeness (QED) is 0.508. The van der Waals surface area contributed by atoms with Crippen LogP contribution in [0.2, 0.25) is 0 Å². The summed E-state index contributed by atoms with van der Waals surface area (Å²) in [6.45, 7) is 0.694. The van der Waals surface area contributed by atoms with E-state index in [0.29, 0.717) is 23.5 Å². The number of nitrogens with one attached hydrogen (secondary N) is 3. The summed E-state index contributed by atoms with van der Waals surface area (Å²) < 4.78 is 0. The summed E-state index contributed by atoms with van der Waals surface area (Å²) in [6.07, 6.45) is 3.21. The predicted molar refractivity (Wildman–Crippen MR) is 123 cm³/mol. The van der Waals surface area contributed by atoms with Crippen LogP contribution in [0.1, 0.15) is 22.3 Å². The van der Waals surface area contributed by atoms with Crippen molar-refractivity contribution in [2.24, 2.45) is 0 Å². The first kappa shape index (κ1) is 22.5. The number of urea groups is 1. The van der Waals surface area contributed by atoms with E-state index in [1.165, 1.54) is 0 Å². The molecule has 0 fully saturated rings. The number of carbonyl (C=O) groups is 3. The van der Waals surface area contributed by atoms with Gasteiger partial charge < -0.3 is 20.9 Å². The van der Waals surface area contributed by atoms with E-state index in [1.807, 2.05) is 30.3 Å². The second-order valence-corrected chi connectivity index (χ2v) is 7.14. The smallest absolute Gasteiger partial charge is 0.317 e. The third-order valence-electron chi connectivity index (χ3n) is 4.58. The molecule has 0 unspecified atom stereocenters. The zero-order valence-electron chi connectivity index (χ0n) is 17.7. The van der Waals surface area contributed by atoms with Gasteiger partial charge in [0.25, 0.3) is 5.91 Å². The van der Waals surface area contributed by atoms with E-state index in [9.17, 15) is 14.4 Å². The number of carbonyl (C=O) groups excluding carboxylic acids is 3. The largest absolute Gasteiger partial charge is 0.337 e. The highest BCUT2D eigenvalue weighted by molar-refractivity contribution is 6.04. The summed E-state index contributed by atoms with van der Waals surface area (Å²) in [4.78, 5) is 42.1. The van der Waals surface area contributed by atoms with Gasteiger partial charge >= 0.3 is 6.03 Å². The highest BCUT2D eigenvalue weighted by Gasteiger charge is 2.10. The summed E-state index contributed by atoms with van der Waals surface area (Å²) in [7, 11) is 1.70. The van der Waals surface area contributed by atoms with Crippen molar-refractivity contribution in [3.05, 3.63) is 90.3 Å². The van der Waals surface area contributed by atoms with Crippen molar-refractivity contribution in [1.29, 1.82) is 0 Å². The van der Waals surface area contributed by atoms with E-state index >= 15 is 0 Å². The summed E-state index contributed by atoms with van der Waals surface area (Å²) in [5.74, 6) is -0.508. The Morgan fingerprint density at radius 2 is 1.56 bits per heavy atom. The van der Waals surface area contributed by atoms with Crippen LogP contribution in [0.5, 0.6) is 0 Å². The third kappa shape index (κ3) is 6.94. The van der Waals surface area contributed by atoms with Crippen molar-refractivity contribution in [1.82, 2.24) is 15.2 Å². The highest BCUT2D eigenvalue weighted by Crippen LogP contribution is 2.16. The molecule has 8 nitrogen and oxygen atoms in total. The predicted octanol–water partition coefficient (Wildman–Crippen LogP) is 3.50. The number of aromatic nitrogens is 1. The Balaban J connectivity index is 1.43. The monoisotopic (exact) mass is 431 g/mol. The Morgan fingerprint density at radius 3 is 2.28 bits per heavy atom. The topological polar surface area (TPSA) is 103 Å². The van der Waals surface area contributed by atoms with E-state index in [2.05, 4.69) is 20.9 Å². The van der Waals surface area contributed by atoms with Gasteiger partial charge in [-0.15, -0.1) is 0 Å². The second kappa shape index (κ2) is 11.3. The normalized spacial score (nSPS) is 10.2. The standard InChI is InChI=1S/C24H25N5O3/c1-29(17-18-6-3-2-4-7-18)24(32)26-15-12-22(30)27-20-8-5-9-21(16-20)28-23(31)19-10-13-25-14-11-19/h2-11,13-14,16H,12,15,17H2,1H3,(H,26,32)(H,27,30)(H,28,31). The molecular weight excluding hydrogens is 406 g/mol. The third-order valence-corrected chi connectivity index (χ3v) is 4.58. The fourth-order valence-electron chi connectivity index (χ4n) is 2.95. The zero-order chi connectivity index (χ0) is 22.8. The van der Waals surface area contributed by atoms with Crippen LogP contribution in [0, 0.1) is 0 Å². The Hall–Kier alpha value is -4.20. The molecule has 32 heavy (non-hydrogen) atoms. The van der Waals surface area contributed by atoms with E-state index in [1.54, 1.807) is 60.7 Å². The van der Waals surface area contributed by atoms with Gasteiger partial charge in [0, 0.05) is 55.9 Å². The molecule has 0 radical (unpaired) electrons. The van der Waals surface area contributed by atoms with E-state index in [0.717, 1.165) is 5.56 Å². The Morgan fingerprint density at radius 1 is 0.875 bits per heavy atom. The van der Waals surface area contributed by atoms with Crippen molar-refractivity contribution in [3.8, 4) is 0 Å². The minimum Gasteiger partial charge on any atom is -0.337 e. The fourth-order valence-corrected chi connectivity index (χ4v) is 2.95. The average Bonchev–Trinajstić information content (AvgIpc) is 2.80. The molecule has 164 valence electrons. The number of rotatable bonds is 8. The molecule has 0 saturated carbocycles. The molecule has 0 aliphatic heterocycles. The molecule has 3 aromatic rings. The van der Waals surface area contributed by atoms with Crippen LogP contribution < -0.4 is 16.0 Å². The minimum absolute atomic E-state index is 0.124. The maximum atomic E-state index is 12.3. The zero-order valence-corrected chi connectivity index (χ0v) is 17.7. The number of anilines is 2. The molecule has 3 rings (SSSR count). The minimum atomic E-state index is -0.266. The lowest BCUT2D eigenvalue weighted by atomic mass is 10.2. The molecule has 0 aliphatic rings. The molecule has 8 heteroatoms. The molecule has 2 aromatic carbocycles. The Kier molecular flexibility index (Phi) is 7.91. The van der Waals surface area contributed by atoms with Crippen molar-refractivity contribution in [2.45, 2.75) is 13.0 Å². The maximum absolute atomic E-state index is 12.3. The fraction of sp³-hybridized carbons (Fsp3) is 0.167. The molecule has 0 atom stereocenters. The molecule has 1 aromatic heterocycles. The van der Waals surface area contributed by atoms with Gasteiger partial charge in [-0.05, 0) is 35.9 Å². The highest BCUT2D eigenvalue weighted by atomic mass is 16.2. The van der Waals surface area contributed by atoms with Gasteiger partial charge in [0.1, 0.15) is 0 Å². The number of amides is 4. The summed E-state index contributed by atoms with van der Waals surface area (Å²) in [5.41, 5.74) is 2.62. The SMILES string of the molecule is CN(Cc1ccccc1)C(=O)NCCC(=O)Nc1cccc(NC(=O)c2ccncc2)c1. The van der Waals surface area contributed by atoms with Gasteiger partial charge in [0.2, 0.25) is 5.91 Å². The lowest BCUT2D eigenvalue weighted by Gasteiger charge is -2.18. The first-order valence-corrected chi connectivity index (χ1v) is 10.2. The van der Waals surface area contributed by atoms with E-state index in [4.69, 9.17) is 0 Å². The van der Waals surface area contributed by atoms with Crippen molar-refractivity contribution in [2.75, 3.05) is 24.2 Å². The van der Waals surface area contributed by atoms with E-state index in [-0.39, 0.29) is 30.8 Å². The molecule has 0 saturated heterocycles. The summed E-state index contributed by atoms with van der Waals surface area (Å²) >= 11 is 0. The van der Waals surface area contributed by atoms with Crippen LogP contribution in [0.15, 0.2) is 79.1 Å². The Bertz CT molecular complexity index is 1060. The maximum Gasteiger partial charge on any atom is 0.317 e. The molecule has 0 bridgehead atoms. The van der Waals surface area contributed by atoms with Crippen LogP contribution >= 0.6 is 0 Å². The van der Waals surface area contributed by atoms with Crippen molar-refractivity contribution < 1.29 is 14.4 Å². The average molecular weight is 431 g/mol. The second-order valence-electron chi connectivity index (χ2n) is 7.14. The number of hydrogen-bond acceptors (Lipinski definition) is 4. The number of benzene rings is 2. The Labute approximate surface area is 186 Å².